The highest BCUT2D eigenvalue weighted by atomic mass is 35.5. The molecule has 3 aromatic rings. The summed E-state index contributed by atoms with van der Waals surface area (Å²) in [5.74, 6) is -0.204. The molecule has 1 aromatic heterocycles. The van der Waals surface area contributed by atoms with E-state index in [1.54, 1.807) is 23.5 Å². The summed E-state index contributed by atoms with van der Waals surface area (Å²) in [6.45, 7) is 1.87. The molecule has 0 saturated heterocycles. The number of rotatable bonds is 3. The lowest BCUT2D eigenvalue weighted by molar-refractivity contribution is -0.111. The van der Waals surface area contributed by atoms with Gasteiger partial charge in [-0.25, -0.2) is 4.98 Å². The zero-order valence-corrected chi connectivity index (χ0v) is 13.4. The zero-order valence-electron chi connectivity index (χ0n) is 11.8. The summed E-state index contributed by atoms with van der Waals surface area (Å²) >= 11 is 7.59. The second-order valence-electron chi connectivity index (χ2n) is 4.75. The van der Waals surface area contributed by atoms with Crippen molar-refractivity contribution < 1.29 is 4.79 Å². The molecule has 2 aromatic carbocycles. The lowest BCUT2D eigenvalue weighted by Crippen LogP contribution is -2.08. The summed E-state index contributed by atoms with van der Waals surface area (Å²) in [4.78, 5) is 16.5. The van der Waals surface area contributed by atoms with Crippen molar-refractivity contribution in [3.8, 4) is 0 Å². The molecule has 1 N–H and O–H groups in total. The maximum atomic E-state index is 12.0. The lowest BCUT2D eigenvalue weighted by Gasteiger charge is -2.07. The minimum Gasteiger partial charge on any atom is -0.322 e. The summed E-state index contributed by atoms with van der Waals surface area (Å²) in [5.41, 5.74) is 2.51. The molecular weight excluding hydrogens is 316 g/mol. The number of aromatic nitrogens is 1. The van der Waals surface area contributed by atoms with Crippen LogP contribution in [0.2, 0.25) is 5.02 Å². The molecule has 0 atom stereocenters. The summed E-state index contributed by atoms with van der Waals surface area (Å²) in [6, 6.07) is 13.3. The number of hydrogen-bond acceptors (Lipinski definition) is 3. The molecule has 0 spiro atoms. The highest BCUT2D eigenvalue weighted by Crippen LogP contribution is 2.24. The third-order valence-electron chi connectivity index (χ3n) is 3.21. The maximum Gasteiger partial charge on any atom is 0.248 e. The van der Waals surface area contributed by atoms with Crippen LogP contribution in [0.25, 0.3) is 16.3 Å². The van der Waals surface area contributed by atoms with E-state index in [1.807, 2.05) is 43.3 Å². The number of anilines is 1. The van der Waals surface area contributed by atoms with Gasteiger partial charge >= 0.3 is 0 Å². The molecule has 0 saturated carbocycles. The van der Waals surface area contributed by atoms with Gasteiger partial charge in [0.1, 0.15) is 5.01 Å². The summed E-state index contributed by atoms with van der Waals surface area (Å²) in [5, 5.41) is 4.26. The molecule has 1 amide bonds. The largest absolute Gasteiger partial charge is 0.322 e. The van der Waals surface area contributed by atoms with Gasteiger partial charge in [-0.3, -0.25) is 4.79 Å². The first kappa shape index (κ1) is 14.8. The number of para-hydroxylation sites is 1. The van der Waals surface area contributed by atoms with Crippen molar-refractivity contribution in [1.82, 2.24) is 4.98 Å². The van der Waals surface area contributed by atoms with E-state index in [2.05, 4.69) is 10.3 Å². The predicted molar refractivity (Wildman–Crippen MR) is 93.5 cm³/mol. The number of hydrogen-bond donors (Lipinski definition) is 1. The molecule has 0 bridgehead atoms. The molecule has 0 unspecified atom stereocenters. The van der Waals surface area contributed by atoms with Crippen LogP contribution in [0.5, 0.6) is 0 Å². The molecule has 0 radical (unpaired) electrons. The van der Waals surface area contributed by atoms with E-state index >= 15 is 0 Å². The van der Waals surface area contributed by atoms with Crippen LogP contribution in [0.3, 0.4) is 0 Å². The number of carbonyl (C=O) groups is 1. The van der Waals surface area contributed by atoms with Gasteiger partial charge in [0, 0.05) is 16.8 Å². The van der Waals surface area contributed by atoms with Crippen LogP contribution in [-0.4, -0.2) is 10.9 Å². The highest BCUT2D eigenvalue weighted by Gasteiger charge is 2.05. The number of benzene rings is 2. The van der Waals surface area contributed by atoms with E-state index in [4.69, 9.17) is 11.6 Å². The Hall–Kier alpha value is -2.17. The minimum absolute atomic E-state index is 0.204. The Labute approximate surface area is 137 Å². The molecule has 3 nitrogen and oxygen atoms in total. The van der Waals surface area contributed by atoms with Crippen molar-refractivity contribution in [2.24, 2.45) is 0 Å². The van der Waals surface area contributed by atoms with Crippen LogP contribution in [0.4, 0.5) is 5.69 Å². The van der Waals surface area contributed by atoms with Crippen molar-refractivity contribution in [2.75, 3.05) is 5.32 Å². The van der Waals surface area contributed by atoms with Gasteiger partial charge in [0.15, 0.2) is 0 Å². The van der Waals surface area contributed by atoms with Gasteiger partial charge in [-0.2, -0.15) is 0 Å². The van der Waals surface area contributed by atoms with Crippen molar-refractivity contribution in [3.05, 3.63) is 64.1 Å². The average Bonchev–Trinajstić information content (AvgIpc) is 2.93. The molecule has 1 heterocycles. The Morgan fingerprint density at radius 2 is 2.05 bits per heavy atom. The first-order valence-electron chi connectivity index (χ1n) is 6.73. The first-order chi connectivity index (χ1) is 10.6. The minimum atomic E-state index is -0.204. The maximum absolute atomic E-state index is 12.0. The van der Waals surface area contributed by atoms with Gasteiger partial charge in [0.05, 0.1) is 10.2 Å². The first-order valence-corrected chi connectivity index (χ1v) is 7.93. The van der Waals surface area contributed by atoms with Crippen LogP contribution in [0, 0.1) is 6.92 Å². The fraction of sp³-hybridized carbons (Fsp3) is 0.0588. The molecule has 0 aliphatic carbocycles. The molecule has 110 valence electrons. The normalized spacial score (nSPS) is 11.2. The summed E-state index contributed by atoms with van der Waals surface area (Å²) in [6.07, 6.45) is 3.21. The Kier molecular flexibility index (Phi) is 4.22. The van der Waals surface area contributed by atoms with E-state index in [0.717, 1.165) is 20.8 Å². The number of amides is 1. The monoisotopic (exact) mass is 328 g/mol. The molecule has 22 heavy (non-hydrogen) atoms. The zero-order chi connectivity index (χ0) is 15.5. The SMILES string of the molecule is Cc1c(Cl)cccc1NC(=O)/C=C/c1nc2ccccc2s1. The third kappa shape index (κ3) is 3.18. The Morgan fingerprint density at radius 3 is 2.86 bits per heavy atom. The van der Waals surface area contributed by atoms with Crippen LogP contribution >= 0.6 is 22.9 Å². The number of carbonyl (C=O) groups excluding carboxylic acids is 1. The Morgan fingerprint density at radius 1 is 1.23 bits per heavy atom. The van der Waals surface area contributed by atoms with Gasteiger partial charge in [-0.15, -0.1) is 11.3 Å². The van der Waals surface area contributed by atoms with Gasteiger partial charge in [-0.1, -0.05) is 29.8 Å². The van der Waals surface area contributed by atoms with E-state index in [1.165, 1.54) is 6.08 Å². The second kappa shape index (κ2) is 6.30. The lowest BCUT2D eigenvalue weighted by atomic mass is 10.2. The fourth-order valence-corrected chi connectivity index (χ4v) is 3.07. The molecule has 0 aliphatic rings. The Bertz CT molecular complexity index is 837. The van der Waals surface area contributed by atoms with Gasteiger partial charge < -0.3 is 5.32 Å². The van der Waals surface area contributed by atoms with Gasteiger partial charge in [0.25, 0.3) is 0 Å². The number of fused-ring (bicyclic) bond motifs is 1. The van der Waals surface area contributed by atoms with Crippen LogP contribution in [0.15, 0.2) is 48.5 Å². The van der Waals surface area contributed by atoms with E-state index in [-0.39, 0.29) is 5.91 Å². The second-order valence-corrected chi connectivity index (χ2v) is 6.22. The topological polar surface area (TPSA) is 42.0 Å². The van der Waals surface area contributed by atoms with Crippen LogP contribution in [0.1, 0.15) is 10.6 Å². The van der Waals surface area contributed by atoms with Gasteiger partial charge in [-0.05, 0) is 42.8 Å². The molecule has 3 rings (SSSR count). The third-order valence-corrected chi connectivity index (χ3v) is 4.62. The van der Waals surface area contributed by atoms with Crippen LogP contribution in [-0.2, 0) is 4.79 Å². The molecular formula is C17H13ClN2OS. The predicted octanol–water partition coefficient (Wildman–Crippen LogP) is 4.91. The van der Waals surface area contributed by atoms with E-state index < -0.39 is 0 Å². The Balaban J connectivity index is 1.74. The number of nitrogens with zero attached hydrogens (tertiary/aromatic N) is 1. The fourth-order valence-electron chi connectivity index (χ4n) is 2.03. The summed E-state index contributed by atoms with van der Waals surface area (Å²) in [7, 11) is 0. The number of nitrogens with one attached hydrogen (secondary N) is 1. The van der Waals surface area contributed by atoms with Crippen molar-refractivity contribution >= 4 is 50.8 Å². The highest BCUT2D eigenvalue weighted by molar-refractivity contribution is 7.19. The van der Waals surface area contributed by atoms with Crippen molar-refractivity contribution in [1.29, 1.82) is 0 Å². The quantitative estimate of drug-likeness (QED) is 0.694. The number of halogens is 1. The van der Waals surface area contributed by atoms with E-state index in [9.17, 15) is 4.79 Å². The molecule has 0 fully saturated rings. The number of thiazole rings is 1. The average molecular weight is 329 g/mol. The molecule has 0 aliphatic heterocycles. The van der Waals surface area contributed by atoms with Crippen molar-refractivity contribution in [3.63, 3.8) is 0 Å². The molecule has 5 heteroatoms. The van der Waals surface area contributed by atoms with E-state index in [0.29, 0.717) is 10.7 Å². The summed E-state index contributed by atoms with van der Waals surface area (Å²) < 4.78 is 1.10. The smallest absolute Gasteiger partial charge is 0.248 e. The standard InChI is InChI=1S/C17H13ClN2OS/c1-11-12(18)5-4-7-13(11)19-16(21)9-10-17-20-14-6-2-3-8-15(14)22-17/h2-10H,1H3,(H,19,21)/b10-9+. The van der Waals surface area contributed by atoms with Crippen LogP contribution < -0.4 is 5.32 Å². The van der Waals surface area contributed by atoms with Crippen molar-refractivity contribution in [2.45, 2.75) is 6.92 Å². The van der Waals surface area contributed by atoms with Gasteiger partial charge in [0.2, 0.25) is 5.91 Å².